The van der Waals surface area contributed by atoms with Gasteiger partial charge in [-0.15, -0.1) is 0 Å². The number of aliphatic hydroxyl groups is 2. The maximum atomic E-state index is 14.6. The number of ether oxygens (including phenoxy) is 3. The standard InChI is InChI=1S/C27H36F5NO5/c1-13(11-37-12-25(4,5)35)20-15(3)33-18(10-19(20)34)24-21(14(2)26(6,38-24)27(30,31)32)16-8-9-17(28)22(29)23(16)36-7/h8-10,13-14,19,21,24,33-35H,11-12H2,1-7H3/t13-,14-,19?,21-,24-,26+/m0/s1. The summed E-state index contributed by atoms with van der Waals surface area (Å²) in [6.45, 7) is 9.23. The summed E-state index contributed by atoms with van der Waals surface area (Å²) in [5.74, 6) is -5.61. The minimum absolute atomic E-state index is 0.0230. The van der Waals surface area contributed by atoms with Gasteiger partial charge in [0.25, 0.3) is 0 Å². The fourth-order valence-electron chi connectivity index (χ4n) is 5.29. The van der Waals surface area contributed by atoms with Crippen LogP contribution in [0, 0.1) is 23.5 Å². The van der Waals surface area contributed by atoms with Crippen LogP contribution < -0.4 is 10.1 Å². The SMILES string of the molecule is COc1c([C@H]2[C@H](C3=CC(O)C([C@@H](C)COCC(C)(C)O)=C(C)N3)O[C@@](C)(C(F)(F)F)[C@H]2C)ccc(F)c1F. The smallest absolute Gasteiger partial charge is 0.417 e. The highest BCUT2D eigenvalue weighted by Gasteiger charge is 2.65. The Balaban J connectivity index is 1.99. The van der Waals surface area contributed by atoms with Crippen molar-refractivity contribution in [3.63, 3.8) is 0 Å². The molecule has 0 radical (unpaired) electrons. The van der Waals surface area contributed by atoms with Gasteiger partial charge in [0.05, 0.1) is 32.0 Å². The minimum atomic E-state index is -4.78. The fourth-order valence-corrected chi connectivity index (χ4v) is 5.29. The van der Waals surface area contributed by atoms with E-state index in [2.05, 4.69) is 5.32 Å². The first-order chi connectivity index (χ1) is 17.4. The Morgan fingerprint density at radius 1 is 1.21 bits per heavy atom. The highest BCUT2D eigenvalue weighted by Crippen LogP contribution is 2.56. The highest BCUT2D eigenvalue weighted by molar-refractivity contribution is 5.44. The Labute approximate surface area is 219 Å². The first kappa shape index (κ1) is 30.3. The van der Waals surface area contributed by atoms with Crippen LogP contribution in [0.4, 0.5) is 22.0 Å². The van der Waals surface area contributed by atoms with Gasteiger partial charge in [-0.05, 0) is 45.4 Å². The van der Waals surface area contributed by atoms with E-state index in [4.69, 9.17) is 14.2 Å². The molecule has 3 N–H and O–H groups in total. The second-order valence-corrected chi connectivity index (χ2v) is 10.9. The molecule has 2 heterocycles. The van der Waals surface area contributed by atoms with E-state index in [0.717, 1.165) is 20.1 Å². The van der Waals surface area contributed by atoms with Gasteiger partial charge in [-0.1, -0.05) is 19.9 Å². The van der Waals surface area contributed by atoms with Gasteiger partial charge in [0, 0.05) is 34.7 Å². The van der Waals surface area contributed by atoms with Crippen LogP contribution in [0.25, 0.3) is 0 Å². The van der Waals surface area contributed by atoms with Crippen molar-refractivity contribution in [2.75, 3.05) is 20.3 Å². The molecule has 1 saturated heterocycles. The van der Waals surface area contributed by atoms with Gasteiger partial charge in [0.1, 0.15) is 6.10 Å². The molecule has 1 unspecified atom stereocenters. The van der Waals surface area contributed by atoms with E-state index in [1.807, 2.05) is 6.92 Å². The Morgan fingerprint density at radius 3 is 2.37 bits per heavy atom. The molecule has 2 aliphatic heterocycles. The third-order valence-electron chi connectivity index (χ3n) is 7.39. The summed E-state index contributed by atoms with van der Waals surface area (Å²) < 4.78 is 87.6. The van der Waals surface area contributed by atoms with E-state index < -0.39 is 58.8 Å². The molecule has 214 valence electrons. The first-order valence-electron chi connectivity index (χ1n) is 12.4. The first-order valence-corrected chi connectivity index (χ1v) is 12.4. The maximum absolute atomic E-state index is 14.6. The number of hydrogen-bond donors (Lipinski definition) is 3. The average molecular weight is 550 g/mol. The van der Waals surface area contributed by atoms with E-state index >= 15 is 0 Å². The van der Waals surface area contributed by atoms with Gasteiger partial charge in [0.15, 0.2) is 17.2 Å². The second kappa shape index (κ2) is 10.7. The van der Waals surface area contributed by atoms with Crippen molar-refractivity contribution in [3.05, 3.63) is 52.4 Å². The Hall–Kier alpha value is -2.21. The van der Waals surface area contributed by atoms with Gasteiger partial charge in [0.2, 0.25) is 5.82 Å². The summed E-state index contributed by atoms with van der Waals surface area (Å²) in [7, 11) is 1.11. The Kier molecular flexibility index (Phi) is 8.58. The summed E-state index contributed by atoms with van der Waals surface area (Å²) >= 11 is 0. The zero-order valence-corrected chi connectivity index (χ0v) is 22.5. The van der Waals surface area contributed by atoms with Crippen LogP contribution in [0.5, 0.6) is 5.75 Å². The number of alkyl halides is 3. The van der Waals surface area contributed by atoms with E-state index in [9.17, 15) is 32.2 Å². The van der Waals surface area contributed by atoms with Crippen LogP contribution in [0.15, 0.2) is 35.2 Å². The molecule has 1 fully saturated rings. The highest BCUT2D eigenvalue weighted by atomic mass is 19.4. The number of rotatable bonds is 8. The normalized spacial score (nSPS) is 29.3. The monoisotopic (exact) mass is 549 g/mol. The number of hydrogen-bond acceptors (Lipinski definition) is 6. The molecule has 0 saturated carbocycles. The molecule has 2 aliphatic rings. The summed E-state index contributed by atoms with van der Waals surface area (Å²) in [5.41, 5.74) is -2.40. The topological polar surface area (TPSA) is 80.2 Å². The van der Waals surface area contributed by atoms with Crippen molar-refractivity contribution < 1.29 is 46.4 Å². The molecular formula is C27H36F5NO5. The number of allylic oxidation sites excluding steroid dienone is 1. The van der Waals surface area contributed by atoms with Crippen LogP contribution in [-0.2, 0) is 9.47 Å². The number of benzene rings is 1. The number of aliphatic hydroxyl groups excluding tert-OH is 1. The predicted octanol–water partition coefficient (Wildman–Crippen LogP) is 4.96. The van der Waals surface area contributed by atoms with Gasteiger partial charge < -0.3 is 29.7 Å². The van der Waals surface area contributed by atoms with Gasteiger partial charge in [-0.3, -0.25) is 0 Å². The quantitative estimate of drug-likeness (QED) is 0.398. The van der Waals surface area contributed by atoms with Gasteiger partial charge in [-0.25, -0.2) is 4.39 Å². The summed E-state index contributed by atoms with van der Waals surface area (Å²) in [4.78, 5) is 0. The molecule has 1 aromatic rings. The van der Waals surface area contributed by atoms with Crippen molar-refractivity contribution in [2.45, 2.75) is 77.0 Å². The molecule has 0 amide bonds. The predicted molar refractivity (Wildman–Crippen MR) is 130 cm³/mol. The Bertz CT molecular complexity index is 1100. The molecule has 0 bridgehead atoms. The van der Waals surface area contributed by atoms with Crippen LogP contribution in [0.3, 0.4) is 0 Å². The minimum Gasteiger partial charge on any atom is -0.493 e. The largest absolute Gasteiger partial charge is 0.493 e. The number of nitrogens with one attached hydrogen (secondary N) is 1. The molecule has 6 atom stereocenters. The van der Waals surface area contributed by atoms with E-state index in [1.54, 1.807) is 20.8 Å². The van der Waals surface area contributed by atoms with Crippen LogP contribution >= 0.6 is 0 Å². The molecule has 0 aliphatic carbocycles. The third-order valence-corrected chi connectivity index (χ3v) is 7.39. The molecule has 6 nitrogen and oxygen atoms in total. The lowest BCUT2D eigenvalue weighted by atomic mass is 9.76. The zero-order chi connectivity index (χ0) is 28.8. The van der Waals surface area contributed by atoms with E-state index in [-0.39, 0.29) is 30.4 Å². The van der Waals surface area contributed by atoms with Crippen LogP contribution in [0.1, 0.15) is 53.0 Å². The van der Waals surface area contributed by atoms with Crippen molar-refractivity contribution in [1.82, 2.24) is 5.32 Å². The van der Waals surface area contributed by atoms with E-state index in [1.165, 1.54) is 19.1 Å². The average Bonchev–Trinajstić information content (AvgIpc) is 3.06. The number of dihydropyridines is 1. The summed E-state index contributed by atoms with van der Waals surface area (Å²) in [6.07, 6.45) is -5.87. The fraction of sp³-hybridized carbons (Fsp3) is 0.630. The molecule has 11 heteroatoms. The summed E-state index contributed by atoms with van der Waals surface area (Å²) in [6, 6.07) is 2.04. The summed E-state index contributed by atoms with van der Waals surface area (Å²) in [5, 5.41) is 23.9. The lowest BCUT2D eigenvalue weighted by molar-refractivity contribution is -0.272. The Morgan fingerprint density at radius 2 is 1.84 bits per heavy atom. The van der Waals surface area contributed by atoms with Gasteiger partial charge >= 0.3 is 6.18 Å². The van der Waals surface area contributed by atoms with Crippen molar-refractivity contribution >= 4 is 0 Å². The van der Waals surface area contributed by atoms with E-state index in [0.29, 0.717) is 11.3 Å². The molecule has 0 spiro atoms. The van der Waals surface area contributed by atoms with Crippen molar-refractivity contribution in [2.24, 2.45) is 11.8 Å². The number of methoxy groups -OCH3 is 1. The van der Waals surface area contributed by atoms with Crippen molar-refractivity contribution in [1.29, 1.82) is 0 Å². The molecular weight excluding hydrogens is 513 g/mol. The van der Waals surface area contributed by atoms with Gasteiger partial charge in [-0.2, -0.15) is 17.6 Å². The molecule has 1 aromatic carbocycles. The number of halogens is 5. The van der Waals surface area contributed by atoms with Crippen LogP contribution in [0.2, 0.25) is 0 Å². The molecule has 3 rings (SSSR count). The maximum Gasteiger partial charge on any atom is 0.417 e. The molecule has 0 aromatic heterocycles. The van der Waals surface area contributed by atoms with Crippen molar-refractivity contribution in [3.8, 4) is 5.75 Å². The zero-order valence-electron chi connectivity index (χ0n) is 22.5. The lowest BCUT2D eigenvalue weighted by Crippen LogP contribution is -2.47. The van der Waals surface area contributed by atoms with Crippen LogP contribution in [-0.4, -0.2) is 60.1 Å². The third kappa shape index (κ3) is 5.71. The second-order valence-electron chi connectivity index (χ2n) is 10.9. The molecule has 38 heavy (non-hydrogen) atoms. The lowest BCUT2D eigenvalue weighted by Gasteiger charge is -2.33.